The van der Waals surface area contributed by atoms with Crippen LogP contribution in [0.1, 0.15) is 0 Å². The molecule has 32 heavy (non-hydrogen) atoms. The molecule has 0 bridgehead atoms. The van der Waals surface area contributed by atoms with Gasteiger partial charge in [-0.15, -0.1) is 0 Å². The fourth-order valence-corrected chi connectivity index (χ4v) is 2.86. The number of ether oxygens (including phenoxy) is 3. The van der Waals surface area contributed by atoms with E-state index in [4.69, 9.17) is 14.2 Å². The summed E-state index contributed by atoms with van der Waals surface area (Å²) in [4.78, 5) is 24.6. The van der Waals surface area contributed by atoms with Gasteiger partial charge in [-0.1, -0.05) is 0 Å². The number of nitrogens with zero attached hydrogens (tertiary/aromatic N) is 4. The Labute approximate surface area is 183 Å². The van der Waals surface area contributed by atoms with Crippen LogP contribution in [0.3, 0.4) is 0 Å². The van der Waals surface area contributed by atoms with E-state index in [2.05, 4.69) is 25.6 Å². The van der Waals surface area contributed by atoms with Crippen LogP contribution >= 0.6 is 0 Å². The first-order chi connectivity index (χ1) is 15.6. The molecule has 2 amide bonds. The molecule has 162 valence electrons. The van der Waals surface area contributed by atoms with Gasteiger partial charge in [-0.2, -0.15) is 0 Å². The van der Waals surface area contributed by atoms with Crippen LogP contribution in [0, 0.1) is 0 Å². The molecule has 2 N–H and O–H groups in total. The number of imidazole rings is 1. The molecule has 0 fully saturated rings. The zero-order valence-corrected chi connectivity index (χ0v) is 17.4. The highest BCUT2D eigenvalue weighted by Gasteiger charge is 2.08. The minimum absolute atomic E-state index is 0.385. The van der Waals surface area contributed by atoms with E-state index in [-0.39, 0.29) is 0 Å². The molecule has 0 saturated heterocycles. The smallest absolute Gasteiger partial charge is 0.323 e. The lowest BCUT2D eigenvalue weighted by Gasteiger charge is -2.12. The maximum absolute atomic E-state index is 12.3. The normalized spacial score (nSPS) is 10.3. The van der Waals surface area contributed by atoms with Gasteiger partial charge in [0, 0.05) is 35.9 Å². The van der Waals surface area contributed by atoms with E-state index in [9.17, 15) is 4.79 Å². The lowest BCUT2D eigenvalue weighted by atomic mass is 10.2. The highest BCUT2D eigenvalue weighted by molar-refractivity contribution is 5.99. The van der Waals surface area contributed by atoms with Gasteiger partial charge in [-0.25, -0.2) is 19.7 Å². The fourth-order valence-electron chi connectivity index (χ4n) is 2.86. The van der Waals surface area contributed by atoms with Crippen molar-refractivity contribution in [3.8, 4) is 28.9 Å². The standard InChI is InChI=1S/C22H20N6O4/c1-30-18-8-5-16(11-19(18)31-2)27-22(29)26-15-3-6-17(7-4-15)32-21-12-20(24-13-25-21)28-10-9-23-14-28/h3-14H,1-2H3,(H2,26,27,29). The van der Waals surface area contributed by atoms with E-state index < -0.39 is 6.03 Å². The van der Waals surface area contributed by atoms with E-state index >= 15 is 0 Å². The largest absolute Gasteiger partial charge is 0.493 e. The van der Waals surface area contributed by atoms with Crippen molar-refractivity contribution in [3.63, 3.8) is 0 Å². The van der Waals surface area contributed by atoms with Crippen molar-refractivity contribution >= 4 is 17.4 Å². The SMILES string of the molecule is COc1ccc(NC(=O)Nc2ccc(Oc3cc(-n4ccnc4)ncn3)cc2)cc1OC. The van der Waals surface area contributed by atoms with Crippen LogP contribution in [0.15, 0.2) is 73.6 Å². The molecule has 2 aromatic heterocycles. The van der Waals surface area contributed by atoms with Gasteiger partial charge in [0.25, 0.3) is 0 Å². The Kier molecular flexibility index (Phi) is 6.12. The molecule has 4 aromatic rings. The Hall–Kier alpha value is -4.60. The van der Waals surface area contributed by atoms with Gasteiger partial charge in [0.15, 0.2) is 11.5 Å². The molecule has 2 heterocycles. The van der Waals surface area contributed by atoms with Gasteiger partial charge in [0.1, 0.15) is 24.2 Å². The molecule has 0 atom stereocenters. The number of amides is 2. The van der Waals surface area contributed by atoms with Gasteiger partial charge in [0.2, 0.25) is 5.88 Å². The van der Waals surface area contributed by atoms with Gasteiger partial charge >= 0.3 is 6.03 Å². The molecule has 0 aliphatic heterocycles. The molecule has 0 unspecified atom stereocenters. The average molecular weight is 432 g/mol. The summed E-state index contributed by atoms with van der Waals surface area (Å²) in [6, 6.07) is 13.3. The number of carbonyl (C=O) groups excluding carboxylic acids is 1. The molecule has 10 heteroatoms. The highest BCUT2D eigenvalue weighted by Crippen LogP contribution is 2.30. The maximum atomic E-state index is 12.3. The van der Waals surface area contributed by atoms with Crippen LogP contribution in [0.5, 0.6) is 23.1 Å². The number of benzene rings is 2. The van der Waals surface area contributed by atoms with E-state index in [1.54, 1.807) is 78.9 Å². The van der Waals surface area contributed by atoms with Crippen molar-refractivity contribution in [1.29, 1.82) is 0 Å². The molecule has 2 aromatic carbocycles. The summed E-state index contributed by atoms with van der Waals surface area (Å²) >= 11 is 0. The number of hydrogen-bond donors (Lipinski definition) is 2. The van der Waals surface area contributed by atoms with Gasteiger partial charge < -0.3 is 24.8 Å². The van der Waals surface area contributed by atoms with Crippen LogP contribution in [0.25, 0.3) is 5.82 Å². The molecule has 0 radical (unpaired) electrons. The van der Waals surface area contributed by atoms with Gasteiger partial charge in [0.05, 0.1) is 14.2 Å². The third-order valence-electron chi connectivity index (χ3n) is 4.37. The Morgan fingerprint density at radius 1 is 0.906 bits per heavy atom. The molecule has 0 aliphatic carbocycles. The topological polar surface area (TPSA) is 112 Å². The zero-order chi connectivity index (χ0) is 22.3. The van der Waals surface area contributed by atoms with Gasteiger partial charge in [-0.05, 0) is 36.4 Å². The summed E-state index contributed by atoms with van der Waals surface area (Å²) in [5, 5.41) is 5.51. The van der Waals surface area contributed by atoms with Crippen LogP contribution in [0.2, 0.25) is 0 Å². The average Bonchev–Trinajstić information content (AvgIpc) is 3.35. The second kappa shape index (κ2) is 9.47. The van der Waals surface area contributed by atoms with Crippen molar-refractivity contribution < 1.29 is 19.0 Å². The van der Waals surface area contributed by atoms with E-state index in [0.717, 1.165) is 0 Å². The molecule has 0 spiro atoms. The van der Waals surface area contributed by atoms with Crippen LogP contribution < -0.4 is 24.8 Å². The molecular weight excluding hydrogens is 412 g/mol. The Bertz CT molecular complexity index is 1200. The lowest BCUT2D eigenvalue weighted by molar-refractivity contribution is 0.262. The summed E-state index contributed by atoms with van der Waals surface area (Å²) in [5.41, 5.74) is 1.16. The minimum atomic E-state index is -0.397. The van der Waals surface area contributed by atoms with E-state index in [1.807, 2.05) is 0 Å². The molecule has 0 aliphatic rings. The molecule has 10 nitrogen and oxygen atoms in total. The summed E-state index contributed by atoms with van der Waals surface area (Å²) in [5.74, 6) is 2.68. The minimum Gasteiger partial charge on any atom is -0.493 e. The molecule has 0 saturated carbocycles. The second-order valence-electron chi connectivity index (χ2n) is 6.46. The number of nitrogens with one attached hydrogen (secondary N) is 2. The quantitative estimate of drug-likeness (QED) is 0.452. The number of rotatable bonds is 7. The van der Waals surface area contributed by atoms with Crippen molar-refractivity contribution in [3.05, 3.63) is 73.6 Å². The predicted molar refractivity (Wildman–Crippen MR) is 118 cm³/mol. The van der Waals surface area contributed by atoms with E-state index in [0.29, 0.717) is 40.3 Å². The number of carbonyl (C=O) groups is 1. The maximum Gasteiger partial charge on any atom is 0.323 e. The first kappa shape index (κ1) is 20.7. The third kappa shape index (κ3) is 4.93. The number of anilines is 2. The molecular formula is C22H20N6O4. The van der Waals surface area contributed by atoms with Gasteiger partial charge in [-0.3, -0.25) is 4.57 Å². The Morgan fingerprint density at radius 3 is 2.38 bits per heavy atom. The molecule has 4 rings (SSSR count). The monoisotopic (exact) mass is 432 g/mol. The van der Waals surface area contributed by atoms with Crippen molar-refractivity contribution in [2.45, 2.75) is 0 Å². The zero-order valence-electron chi connectivity index (χ0n) is 17.4. The van der Waals surface area contributed by atoms with Crippen molar-refractivity contribution in [2.24, 2.45) is 0 Å². The summed E-state index contributed by atoms with van der Waals surface area (Å²) in [6.07, 6.45) is 6.49. The van der Waals surface area contributed by atoms with Crippen LogP contribution in [0.4, 0.5) is 16.2 Å². The van der Waals surface area contributed by atoms with Crippen molar-refractivity contribution in [1.82, 2.24) is 19.5 Å². The second-order valence-corrected chi connectivity index (χ2v) is 6.46. The highest BCUT2D eigenvalue weighted by atomic mass is 16.5. The number of hydrogen-bond acceptors (Lipinski definition) is 7. The Morgan fingerprint density at radius 2 is 1.66 bits per heavy atom. The summed E-state index contributed by atoms with van der Waals surface area (Å²) in [6.45, 7) is 0. The first-order valence-electron chi connectivity index (χ1n) is 9.53. The first-order valence-corrected chi connectivity index (χ1v) is 9.53. The summed E-state index contributed by atoms with van der Waals surface area (Å²) in [7, 11) is 3.08. The predicted octanol–water partition coefficient (Wildman–Crippen LogP) is 4.12. The third-order valence-corrected chi connectivity index (χ3v) is 4.37. The number of urea groups is 1. The van der Waals surface area contributed by atoms with Crippen LogP contribution in [-0.2, 0) is 0 Å². The fraction of sp³-hybridized carbons (Fsp3) is 0.0909. The number of methoxy groups -OCH3 is 2. The summed E-state index contributed by atoms with van der Waals surface area (Å²) < 4.78 is 18.0. The number of aromatic nitrogens is 4. The van der Waals surface area contributed by atoms with E-state index in [1.165, 1.54) is 13.4 Å². The Balaban J connectivity index is 1.37. The van der Waals surface area contributed by atoms with Crippen LogP contribution in [-0.4, -0.2) is 39.8 Å². The lowest BCUT2D eigenvalue weighted by Crippen LogP contribution is -2.19. The van der Waals surface area contributed by atoms with Crippen molar-refractivity contribution in [2.75, 3.05) is 24.9 Å².